The lowest BCUT2D eigenvalue weighted by atomic mass is 10.1. The Balaban J connectivity index is 1.86. The Morgan fingerprint density at radius 2 is 1.61 bits per heavy atom. The van der Waals surface area contributed by atoms with Gasteiger partial charge in [-0.2, -0.15) is 0 Å². The summed E-state index contributed by atoms with van der Waals surface area (Å²) in [6, 6.07) is 16.2. The van der Waals surface area contributed by atoms with Crippen LogP contribution in [-0.4, -0.2) is 13.6 Å². The van der Waals surface area contributed by atoms with Gasteiger partial charge in [0.15, 0.2) is 0 Å². The summed E-state index contributed by atoms with van der Waals surface area (Å²) >= 11 is 6.11. The molecule has 2 nitrogen and oxygen atoms in total. The molecule has 94 valence electrons. The molecule has 18 heavy (non-hydrogen) atoms. The van der Waals surface area contributed by atoms with Gasteiger partial charge in [0.05, 0.1) is 0 Å². The highest BCUT2D eigenvalue weighted by Crippen LogP contribution is 2.16. The zero-order valence-corrected chi connectivity index (χ0v) is 11.2. The molecular weight excluding hydrogens is 244 g/mol. The predicted molar refractivity (Wildman–Crippen MR) is 79.6 cm³/mol. The van der Waals surface area contributed by atoms with Gasteiger partial charge in [-0.25, -0.2) is 0 Å². The first-order valence-corrected chi connectivity index (χ1v) is 6.42. The monoisotopic (exact) mass is 260 g/mol. The van der Waals surface area contributed by atoms with Crippen LogP contribution in [0.15, 0.2) is 48.5 Å². The minimum absolute atomic E-state index is 0.838. The first-order chi connectivity index (χ1) is 8.79. The van der Waals surface area contributed by atoms with E-state index in [1.165, 1.54) is 5.56 Å². The molecule has 0 heterocycles. The van der Waals surface area contributed by atoms with Crippen molar-refractivity contribution in [1.82, 2.24) is 0 Å². The number of halogens is 1. The molecule has 2 aromatic rings. The lowest BCUT2D eigenvalue weighted by molar-refractivity contribution is 1.02. The van der Waals surface area contributed by atoms with Crippen LogP contribution < -0.4 is 10.6 Å². The second-order valence-electron chi connectivity index (χ2n) is 4.10. The largest absolute Gasteiger partial charge is 0.388 e. The van der Waals surface area contributed by atoms with E-state index in [1.54, 1.807) is 0 Å². The molecule has 0 aliphatic carbocycles. The molecule has 0 amide bonds. The van der Waals surface area contributed by atoms with Crippen molar-refractivity contribution >= 4 is 23.0 Å². The van der Waals surface area contributed by atoms with Crippen LogP contribution in [0, 0.1) is 0 Å². The van der Waals surface area contributed by atoms with E-state index >= 15 is 0 Å². The molecule has 0 unspecified atom stereocenters. The molecule has 0 spiro atoms. The van der Waals surface area contributed by atoms with E-state index in [9.17, 15) is 0 Å². The number of rotatable bonds is 5. The topological polar surface area (TPSA) is 24.1 Å². The summed E-state index contributed by atoms with van der Waals surface area (Å²) in [5.74, 6) is 0. The summed E-state index contributed by atoms with van der Waals surface area (Å²) in [7, 11) is 1.92. The number of nitrogens with one attached hydrogen (secondary N) is 2. The number of anilines is 2. The normalized spacial score (nSPS) is 10.1. The third-order valence-electron chi connectivity index (χ3n) is 2.85. The van der Waals surface area contributed by atoms with Crippen molar-refractivity contribution in [3.05, 3.63) is 59.1 Å². The molecule has 0 bridgehead atoms. The van der Waals surface area contributed by atoms with E-state index < -0.39 is 0 Å². The summed E-state index contributed by atoms with van der Waals surface area (Å²) in [6.45, 7) is 0.878. The van der Waals surface area contributed by atoms with Gasteiger partial charge < -0.3 is 10.6 Å². The highest BCUT2D eigenvalue weighted by atomic mass is 35.5. The van der Waals surface area contributed by atoms with Crippen LogP contribution in [0.5, 0.6) is 0 Å². The molecule has 0 aliphatic rings. The summed E-state index contributed by atoms with van der Waals surface area (Å²) < 4.78 is 0. The molecule has 3 heteroatoms. The molecule has 0 atom stereocenters. The summed E-state index contributed by atoms with van der Waals surface area (Å²) in [5.41, 5.74) is 3.42. The Hall–Kier alpha value is -1.67. The van der Waals surface area contributed by atoms with E-state index in [4.69, 9.17) is 11.6 Å². The number of hydrogen-bond acceptors (Lipinski definition) is 2. The fraction of sp³-hybridized carbons (Fsp3) is 0.200. The van der Waals surface area contributed by atoms with E-state index in [-0.39, 0.29) is 0 Å². The number of benzene rings is 2. The Labute approximate surface area is 113 Å². The molecule has 0 saturated heterocycles. The van der Waals surface area contributed by atoms with Crippen molar-refractivity contribution in [3.8, 4) is 0 Å². The Bertz CT molecular complexity index is 494. The maximum Gasteiger partial charge on any atom is 0.0438 e. The quantitative estimate of drug-likeness (QED) is 0.848. The van der Waals surface area contributed by atoms with Crippen molar-refractivity contribution in [3.63, 3.8) is 0 Å². The fourth-order valence-corrected chi connectivity index (χ4v) is 2.03. The minimum Gasteiger partial charge on any atom is -0.388 e. The molecule has 0 aliphatic heterocycles. The van der Waals surface area contributed by atoms with Crippen LogP contribution in [-0.2, 0) is 6.42 Å². The van der Waals surface area contributed by atoms with E-state index in [2.05, 4.69) is 41.0 Å². The highest BCUT2D eigenvalue weighted by Gasteiger charge is 1.98. The van der Waals surface area contributed by atoms with Crippen LogP contribution in [0.4, 0.5) is 11.4 Å². The zero-order chi connectivity index (χ0) is 12.8. The van der Waals surface area contributed by atoms with Gasteiger partial charge in [0.25, 0.3) is 0 Å². The van der Waals surface area contributed by atoms with Gasteiger partial charge in [0, 0.05) is 30.0 Å². The van der Waals surface area contributed by atoms with Gasteiger partial charge >= 0.3 is 0 Å². The molecule has 2 rings (SSSR count). The SMILES string of the molecule is CNc1ccc(NCCc2ccccc2Cl)cc1. The molecule has 0 radical (unpaired) electrons. The predicted octanol–water partition coefficient (Wildman–Crippen LogP) is 4.04. The lowest BCUT2D eigenvalue weighted by Gasteiger charge is -2.08. The molecule has 0 aromatic heterocycles. The van der Waals surface area contributed by atoms with Crippen LogP contribution in [0.1, 0.15) is 5.56 Å². The fourth-order valence-electron chi connectivity index (χ4n) is 1.80. The van der Waals surface area contributed by atoms with E-state index in [1.807, 2.05) is 25.2 Å². The first-order valence-electron chi connectivity index (χ1n) is 6.04. The minimum atomic E-state index is 0.838. The smallest absolute Gasteiger partial charge is 0.0438 e. The second-order valence-corrected chi connectivity index (χ2v) is 4.50. The molecule has 0 fully saturated rings. The molecule has 2 N–H and O–H groups in total. The van der Waals surface area contributed by atoms with E-state index in [0.29, 0.717) is 0 Å². The van der Waals surface area contributed by atoms with E-state index in [0.717, 1.165) is 29.4 Å². The van der Waals surface area contributed by atoms with Crippen molar-refractivity contribution in [2.24, 2.45) is 0 Å². The van der Waals surface area contributed by atoms with Crippen molar-refractivity contribution in [1.29, 1.82) is 0 Å². The van der Waals surface area contributed by atoms with Crippen molar-refractivity contribution < 1.29 is 0 Å². The van der Waals surface area contributed by atoms with Crippen molar-refractivity contribution in [2.75, 3.05) is 24.2 Å². The molecular formula is C15H17ClN2. The second kappa shape index (κ2) is 6.31. The third kappa shape index (κ3) is 3.41. The van der Waals surface area contributed by atoms with Gasteiger partial charge in [-0.1, -0.05) is 29.8 Å². The summed E-state index contributed by atoms with van der Waals surface area (Å²) in [5, 5.41) is 7.32. The van der Waals surface area contributed by atoms with Crippen molar-refractivity contribution in [2.45, 2.75) is 6.42 Å². The average Bonchev–Trinajstić information content (AvgIpc) is 2.42. The Kier molecular flexibility index (Phi) is 4.48. The van der Waals surface area contributed by atoms with Gasteiger partial charge in [-0.05, 0) is 42.3 Å². The van der Waals surface area contributed by atoms with Crippen LogP contribution in [0.25, 0.3) is 0 Å². The first kappa shape index (κ1) is 12.8. The molecule has 2 aromatic carbocycles. The maximum absolute atomic E-state index is 6.11. The maximum atomic E-state index is 6.11. The van der Waals surface area contributed by atoms with Gasteiger partial charge in [0.1, 0.15) is 0 Å². The third-order valence-corrected chi connectivity index (χ3v) is 3.22. The van der Waals surface area contributed by atoms with Crippen LogP contribution in [0.3, 0.4) is 0 Å². The van der Waals surface area contributed by atoms with Crippen LogP contribution in [0.2, 0.25) is 5.02 Å². The summed E-state index contributed by atoms with van der Waals surface area (Å²) in [6.07, 6.45) is 0.924. The Morgan fingerprint density at radius 3 is 2.28 bits per heavy atom. The highest BCUT2D eigenvalue weighted by molar-refractivity contribution is 6.31. The number of hydrogen-bond donors (Lipinski definition) is 2. The van der Waals surface area contributed by atoms with Gasteiger partial charge in [0.2, 0.25) is 0 Å². The summed E-state index contributed by atoms with van der Waals surface area (Å²) in [4.78, 5) is 0. The van der Waals surface area contributed by atoms with Gasteiger partial charge in [-0.3, -0.25) is 0 Å². The Morgan fingerprint density at radius 1 is 0.944 bits per heavy atom. The zero-order valence-electron chi connectivity index (χ0n) is 10.4. The average molecular weight is 261 g/mol. The van der Waals surface area contributed by atoms with Crippen LogP contribution >= 0.6 is 11.6 Å². The standard InChI is InChI=1S/C15H17ClN2/c1-17-13-6-8-14(9-7-13)18-11-10-12-4-2-3-5-15(12)16/h2-9,17-18H,10-11H2,1H3. The lowest BCUT2D eigenvalue weighted by Crippen LogP contribution is -2.05. The molecule has 0 saturated carbocycles. The van der Waals surface area contributed by atoms with Gasteiger partial charge in [-0.15, -0.1) is 0 Å².